The van der Waals surface area contributed by atoms with Crippen molar-refractivity contribution in [1.82, 2.24) is 14.5 Å². The quantitative estimate of drug-likeness (QED) is 0.455. The van der Waals surface area contributed by atoms with Crippen LogP contribution in [0.3, 0.4) is 0 Å². The van der Waals surface area contributed by atoms with E-state index in [0.29, 0.717) is 12.3 Å². The monoisotopic (exact) mass is 409 g/mol. The Morgan fingerprint density at radius 1 is 0.839 bits per heavy atom. The molecule has 1 aliphatic heterocycles. The molecule has 4 heteroatoms. The van der Waals surface area contributed by atoms with Crippen LogP contribution in [0.15, 0.2) is 85.2 Å². The zero-order chi connectivity index (χ0) is 21.0. The Bertz CT molecular complexity index is 1160. The van der Waals surface area contributed by atoms with Crippen LogP contribution in [0.5, 0.6) is 0 Å². The molecule has 0 aliphatic carbocycles. The minimum absolute atomic E-state index is 0.235. The third-order valence-electron chi connectivity index (χ3n) is 6.37. The number of carbonyl (C=O) groups excluding carboxylic acids is 1. The summed E-state index contributed by atoms with van der Waals surface area (Å²) in [5.74, 6) is 0.825. The third kappa shape index (κ3) is 4.38. The Kier molecular flexibility index (Phi) is 5.53. The molecule has 0 saturated carbocycles. The molecule has 156 valence electrons. The van der Waals surface area contributed by atoms with E-state index in [1.165, 1.54) is 16.6 Å². The van der Waals surface area contributed by atoms with Gasteiger partial charge in [0, 0.05) is 19.6 Å². The molecule has 0 atom stereocenters. The maximum Gasteiger partial charge on any atom is 0.226 e. The highest BCUT2D eigenvalue weighted by Crippen LogP contribution is 2.23. The van der Waals surface area contributed by atoms with E-state index in [1.54, 1.807) is 0 Å². The van der Waals surface area contributed by atoms with Crippen molar-refractivity contribution in [1.29, 1.82) is 0 Å². The molecule has 4 nitrogen and oxygen atoms in total. The van der Waals surface area contributed by atoms with Gasteiger partial charge in [0.15, 0.2) is 0 Å². The van der Waals surface area contributed by atoms with Crippen molar-refractivity contribution >= 4 is 16.9 Å². The fourth-order valence-electron chi connectivity index (χ4n) is 4.53. The summed E-state index contributed by atoms with van der Waals surface area (Å²) < 4.78 is 2.26. The summed E-state index contributed by atoms with van der Waals surface area (Å²) in [6, 6.07) is 27.0. The number of rotatable bonds is 5. The van der Waals surface area contributed by atoms with Gasteiger partial charge in [-0.05, 0) is 47.6 Å². The smallest absolute Gasteiger partial charge is 0.226 e. The second kappa shape index (κ2) is 8.76. The minimum atomic E-state index is 0.235. The van der Waals surface area contributed by atoms with Crippen LogP contribution >= 0.6 is 0 Å². The van der Waals surface area contributed by atoms with E-state index in [4.69, 9.17) is 0 Å². The number of para-hydroxylation sites is 2. The minimum Gasteiger partial charge on any atom is -0.342 e. The normalized spacial score (nSPS) is 14.8. The number of aromatic nitrogens is 2. The van der Waals surface area contributed by atoms with Gasteiger partial charge in [0.25, 0.3) is 0 Å². The molecular weight excluding hydrogens is 382 g/mol. The van der Waals surface area contributed by atoms with Crippen LogP contribution in [0.1, 0.15) is 18.4 Å². The number of likely N-dealkylation sites (tertiary alicyclic amines) is 1. The molecule has 3 aromatic carbocycles. The number of hydrogen-bond donors (Lipinski definition) is 0. The van der Waals surface area contributed by atoms with Crippen LogP contribution in [0, 0.1) is 5.92 Å². The third-order valence-corrected chi connectivity index (χ3v) is 6.37. The number of piperidine rings is 1. The summed E-state index contributed by atoms with van der Waals surface area (Å²) in [7, 11) is 0. The molecule has 2 heterocycles. The van der Waals surface area contributed by atoms with Crippen LogP contribution in [0.4, 0.5) is 0 Å². The zero-order valence-corrected chi connectivity index (χ0v) is 17.7. The van der Waals surface area contributed by atoms with Gasteiger partial charge in [-0.25, -0.2) is 4.98 Å². The zero-order valence-electron chi connectivity index (χ0n) is 17.7. The standard InChI is InChI=1S/C27H27N3O/c31-27(18-21-10-12-24(13-11-21)23-6-2-1-3-7-23)29-16-14-22(15-17-29)19-30-20-28-25-8-4-5-9-26(25)30/h1-13,20,22H,14-19H2. The molecule has 4 aromatic rings. The van der Waals surface area contributed by atoms with Crippen molar-refractivity contribution in [3.63, 3.8) is 0 Å². The Morgan fingerprint density at radius 3 is 2.29 bits per heavy atom. The van der Waals surface area contributed by atoms with Gasteiger partial charge in [-0.3, -0.25) is 4.79 Å². The van der Waals surface area contributed by atoms with Gasteiger partial charge in [-0.15, -0.1) is 0 Å². The Balaban J connectivity index is 1.15. The number of benzene rings is 3. The van der Waals surface area contributed by atoms with E-state index in [2.05, 4.69) is 64.1 Å². The predicted molar refractivity (Wildman–Crippen MR) is 125 cm³/mol. The van der Waals surface area contributed by atoms with E-state index in [0.717, 1.165) is 43.6 Å². The molecule has 5 rings (SSSR count). The fourth-order valence-corrected chi connectivity index (χ4v) is 4.53. The molecule has 31 heavy (non-hydrogen) atoms. The lowest BCUT2D eigenvalue weighted by atomic mass is 9.96. The molecule has 0 bridgehead atoms. The van der Waals surface area contributed by atoms with Crippen molar-refractivity contribution in [2.24, 2.45) is 5.92 Å². The van der Waals surface area contributed by atoms with Crippen LogP contribution < -0.4 is 0 Å². The van der Waals surface area contributed by atoms with Gasteiger partial charge in [0.2, 0.25) is 5.91 Å². The molecule has 1 saturated heterocycles. The lowest BCUT2D eigenvalue weighted by Crippen LogP contribution is -2.40. The lowest BCUT2D eigenvalue weighted by Gasteiger charge is -2.32. The largest absolute Gasteiger partial charge is 0.342 e. The van der Waals surface area contributed by atoms with E-state index in [1.807, 2.05) is 35.5 Å². The van der Waals surface area contributed by atoms with Crippen molar-refractivity contribution in [3.8, 4) is 11.1 Å². The van der Waals surface area contributed by atoms with Gasteiger partial charge in [0.1, 0.15) is 0 Å². The fraction of sp³-hybridized carbons (Fsp3) is 0.259. The summed E-state index contributed by atoms with van der Waals surface area (Å²) in [6.07, 6.45) is 4.52. The predicted octanol–water partition coefficient (Wildman–Crippen LogP) is 5.18. The van der Waals surface area contributed by atoms with Gasteiger partial charge < -0.3 is 9.47 Å². The van der Waals surface area contributed by atoms with E-state index < -0.39 is 0 Å². The maximum atomic E-state index is 12.8. The SMILES string of the molecule is O=C(Cc1ccc(-c2ccccc2)cc1)N1CCC(Cn2cnc3ccccc32)CC1. The second-order valence-electron chi connectivity index (χ2n) is 8.45. The summed E-state index contributed by atoms with van der Waals surface area (Å²) in [5.41, 5.74) is 5.71. The molecule has 0 unspecified atom stereocenters. The van der Waals surface area contributed by atoms with Crippen LogP contribution in [-0.2, 0) is 17.8 Å². The molecular formula is C27H27N3O. The van der Waals surface area contributed by atoms with Crippen molar-refractivity contribution in [3.05, 3.63) is 90.8 Å². The van der Waals surface area contributed by atoms with E-state index >= 15 is 0 Å². The number of amides is 1. The summed E-state index contributed by atoms with van der Waals surface area (Å²) in [6.45, 7) is 2.67. The first-order chi connectivity index (χ1) is 15.3. The van der Waals surface area contributed by atoms with Crippen molar-refractivity contribution < 1.29 is 4.79 Å². The first kappa shape index (κ1) is 19.6. The maximum absolute atomic E-state index is 12.8. The summed E-state index contributed by atoms with van der Waals surface area (Å²) in [5, 5.41) is 0. The molecule has 0 N–H and O–H groups in total. The van der Waals surface area contributed by atoms with Crippen LogP contribution in [0.25, 0.3) is 22.2 Å². The highest BCUT2D eigenvalue weighted by Gasteiger charge is 2.23. The average molecular weight is 410 g/mol. The molecule has 0 radical (unpaired) electrons. The van der Waals surface area contributed by atoms with Gasteiger partial charge in [0.05, 0.1) is 23.8 Å². The lowest BCUT2D eigenvalue weighted by molar-refractivity contribution is -0.131. The molecule has 1 fully saturated rings. The van der Waals surface area contributed by atoms with E-state index in [-0.39, 0.29) is 5.91 Å². The number of imidazole rings is 1. The van der Waals surface area contributed by atoms with Gasteiger partial charge >= 0.3 is 0 Å². The summed E-state index contributed by atoms with van der Waals surface area (Å²) in [4.78, 5) is 19.4. The van der Waals surface area contributed by atoms with Crippen molar-refractivity contribution in [2.75, 3.05) is 13.1 Å². The highest BCUT2D eigenvalue weighted by atomic mass is 16.2. The van der Waals surface area contributed by atoms with Crippen LogP contribution in [0.2, 0.25) is 0 Å². The van der Waals surface area contributed by atoms with E-state index in [9.17, 15) is 4.79 Å². The number of hydrogen-bond acceptors (Lipinski definition) is 2. The van der Waals surface area contributed by atoms with Crippen molar-refractivity contribution in [2.45, 2.75) is 25.8 Å². The second-order valence-corrected chi connectivity index (χ2v) is 8.45. The first-order valence-corrected chi connectivity index (χ1v) is 11.1. The van der Waals surface area contributed by atoms with Gasteiger partial charge in [-0.2, -0.15) is 0 Å². The van der Waals surface area contributed by atoms with Crippen LogP contribution in [-0.4, -0.2) is 33.4 Å². The topological polar surface area (TPSA) is 38.1 Å². The van der Waals surface area contributed by atoms with Gasteiger partial charge in [-0.1, -0.05) is 66.7 Å². The molecule has 0 spiro atoms. The Labute approximate surface area is 183 Å². The Morgan fingerprint density at radius 2 is 1.52 bits per heavy atom. The summed E-state index contributed by atoms with van der Waals surface area (Å²) >= 11 is 0. The number of fused-ring (bicyclic) bond motifs is 1. The number of nitrogens with zero attached hydrogens (tertiary/aromatic N) is 3. The molecule has 1 aromatic heterocycles. The highest BCUT2D eigenvalue weighted by molar-refractivity contribution is 5.79. The Hall–Kier alpha value is -3.40. The first-order valence-electron chi connectivity index (χ1n) is 11.1. The molecule has 1 amide bonds. The average Bonchev–Trinajstić information content (AvgIpc) is 3.23. The molecule has 1 aliphatic rings. The number of carbonyl (C=O) groups is 1.